The molecule has 0 radical (unpaired) electrons. The number of rotatable bonds is 7. The van der Waals surface area contributed by atoms with E-state index in [-0.39, 0.29) is 5.82 Å². The summed E-state index contributed by atoms with van der Waals surface area (Å²) < 4.78 is 24.9. The Balaban J connectivity index is 1.55. The van der Waals surface area contributed by atoms with Crippen LogP contribution in [0.1, 0.15) is 50.2 Å². The summed E-state index contributed by atoms with van der Waals surface area (Å²) >= 11 is 0. The van der Waals surface area contributed by atoms with Gasteiger partial charge in [-0.25, -0.2) is 4.39 Å². The molecular weight excluding hydrogens is 369 g/mol. The molecule has 2 aromatic carbocycles. The van der Waals surface area contributed by atoms with Crippen molar-refractivity contribution in [3.63, 3.8) is 0 Å². The van der Waals surface area contributed by atoms with Crippen molar-refractivity contribution < 1.29 is 19.0 Å². The second-order valence-corrected chi connectivity index (χ2v) is 8.30. The third-order valence-corrected chi connectivity index (χ3v) is 6.38. The van der Waals surface area contributed by atoms with E-state index in [2.05, 4.69) is 17.9 Å². The van der Waals surface area contributed by atoms with E-state index < -0.39 is 5.60 Å². The lowest BCUT2D eigenvalue weighted by atomic mass is 9.80. The van der Waals surface area contributed by atoms with Crippen LogP contribution in [0.2, 0.25) is 0 Å². The Morgan fingerprint density at radius 2 is 1.79 bits per heavy atom. The SMILES string of the molecule is CCCOc1c(CN2[C@H]3CC[C@H]2CC(O)(c2ccc(F)cc2)C3)cccc1OC. The molecule has 2 saturated heterocycles. The van der Waals surface area contributed by atoms with Gasteiger partial charge in [0, 0.05) is 24.2 Å². The van der Waals surface area contributed by atoms with Crippen LogP contribution in [0.3, 0.4) is 0 Å². The molecule has 2 heterocycles. The molecule has 4 nitrogen and oxygen atoms in total. The van der Waals surface area contributed by atoms with Gasteiger partial charge in [-0.3, -0.25) is 4.90 Å². The molecule has 0 amide bonds. The monoisotopic (exact) mass is 399 g/mol. The van der Waals surface area contributed by atoms with Crippen LogP contribution in [0.5, 0.6) is 11.5 Å². The first-order valence-electron chi connectivity index (χ1n) is 10.6. The van der Waals surface area contributed by atoms with Crippen LogP contribution in [0.25, 0.3) is 0 Å². The van der Waals surface area contributed by atoms with Gasteiger partial charge in [0.1, 0.15) is 5.82 Å². The second-order valence-electron chi connectivity index (χ2n) is 8.30. The fraction of sp³-hybridized carbons (Fsp3) is 0.500. The van der Waals surface area contributed by atoms with Crippen LogP contribution in [-0.4, -0.2) is 35.8 Å². The fourth-order valence-corrected chi connectivity index (χ4v) is 4.98. The van der Waals surface area contributed by atoms with Gasteiger partial charge in [0.25, 0.3) is 0 Å². The number of nitrogens with zero attached hydrogens (tertiary/aromatic N) is 1. The van der Waals surface area contributed by atoms with E-state index in [9.17, 15) is 9.50 Å². The average Bonchev–Trinajstić information content (AvgIpc) is 2.96. The minimum Gasteiger partial charge on any atom is -0.493 e. The molecule has 2 fully saturated rings. The Morgan fingerprint density at radius 1 is 1.10 bits per heavy atom. The molecule has 156 valence electrons. The minimum absolute atomic E-state index is 0.268. The van der Waals surface area contributed by atoms with E-state index in [0.717, 1.165) is 48.4 Å². The van der Waals surface area contributed by atoms with Crippen LogP contribution in [0.4, 0.5) is 4.39 Å². The molecule has 5 heteroatoms. The zero-order valence-corrected chi connectivity index (χ0v) is 17.2. The third-order valence-electron chi connectivity index (χ3n) is 6.38. The van der Waals surface area contributed by atoms with Gasteiger partial charge in [0.2, 0.25) is 0 Å². The lowest BCUT2D eigenvalue weighted by Crippen LogP contribution is -2.49. The lowest BCUT2D eigenvalue weighted by Gasteiger charge is -2.44. The Labute approximate surface area is 172 Å². The summed E-state index contributed by atoms with van der Waals surface area (Å²) in [6, 6.07) is 13.0. The maximum Gasteiger partial charge on any atom is 0.165 e. The third kappa shape index (κ3) is 3.99. The average molecular weight is 400 g/mol. The zero-order valence-electron chi connectivity index (χ0n) is 17.2. The number of fused-ring (bicyclic) bond motifs is 2. The maximum atomic E-state index is 13.3. The molecule has 29 heavy (non-hydrogen) atoms. The summed E-state index contributed by atoms with van der Waals surface area (Å²) in [6.07, 6.45) is 4.43. The standard InChI is InChI=1S/C24H30FNO3/c1-3-13-29-23-17(5-4-6-22(23)28-2)16-26-20-11-12-21(26)15-24(27,14-20)18-7-9-19(25)10-8-18/h4-10,20-21,27H,3,11-16H2,1-2H3/t20-,21-/m0/s1. The molecule has 2 aromatic rings. The highest BCUT2D eigenvalue weighted by Gasteiger charge is 2.48. The van der Waals surface area contributed by atoms with E-state index in [4.69, 9.17) is 9.47 Å². The summed E-state index contributed by atoms with van der Waals surface area (Å²) in [5, 5.41) is 11.4. The van der Waals surface area contributed by atoms with Gasteiger partial charge < -0.3 is 14.6 Å². The number of halogens is 1. The van der Waals surface area contributed by atoms with Crippen molar-refractivity contribution in [1.29, 1.82) is 0 Å². The van der Waals surface area contributed by atoms with Crippen molar-refractivity contribution in [2.24, 2.45) is 0 Å². The van der Waals surface area contributed by atoms with Crippen LogP contribution in [0.15, 0.2) is 42.5 Å². The fourth-order valence-electron chi connectivity index (χ4n) is 4.98. The van der Waals surface area contributed by atoms with Gasteiger partial charge in [-0.05, 0) is 55.9 Å². The van der Waals surface area contributed by atoms with Crippen LogP contribution < -0.4 is 9.47 Å². The maximum absolute atomic E-state index is 13.3. The minimum atomic E-state index is -0.883. The van der Waals surface area contributed by atoms with Gasteiger partial charge in [-0.1, -0.05) is 31.2 Å². The highest BCUT2D eigenvalue weighted by atomic mass is 19.1. The van der Waals surface area contributed by atoms with Gasteiger partial charge >= 0.3 is 0 Å². The van der Waals surface area contributed by atoms with Crippen LogP contribution in [-0.2, 0) is 12.1 Å². The van der Waals surface area contributed by atoms with Gasteiger partial charge in [0.05, 0.1) is 19.3 Å². The van der Waals surface area contributed by atoms with E-state index in [1.807, 2.05) is 12.1 Å². The number of para-hydroxylation sites is 1. The number of benzene rings is 2. The summed E-state index contributed by atoms with van der Waals surface area (Å²) in [4.78, 5) is 2.51. The summed E-state index contributed by atoms with van der Waals surface area (Å²) in [7, 11) is 1.67. The second kappa shape index (κ2) is 8.33. The topological polar surface area (TPSA) is 41.9 Å². The first-order chi connectivity index (χ1) is 14.0. The normalized spacial score (nSPS) is 26.5. The number of piperidine rings is 1. The number of hydrogen-bond acceptors (Lipinski definition) is 4. The smallest absolute Gasteiger partial charge is 0.165 e. The quantitative estimate of drug-likeness (QED) is 0.737. The van der Waals surface area contributed by atoms with E-state index >= 15 is 0 Å². The van der Waals surface area contributed by atoms with E-state index in [1.54, 1.807) is 19.2 Å². The Morgan fingerprint density at radius 3 is 2.41 bits per heavy atom. The van der Waals surface area contributed by atoms with Crippen LogP contribution in [0, 0.1) is 5.82 Å². The molecule has 0 aliphatic carbocycles. The molecule has 2 atom stereocenters. The highest BCUT2D eigenvalue weighted by Crippen LogP contribution is 2.47. The summed E-state index contributed by atoms with van der Waals surface area (Å²) in [6.45, 7) is 3.53. The molecule has 0 aromatic heterocycles. The van der Waals surface area contributed by atoms with E-state index in [0.29, 0.717) is 31.5 Å². The van der Waals surface area contributed by atoms with Crippen LogP contribution >= 0.6 is 0 Å². The number of hydrogen-bond donors (Lipinski definition) is 1. The summed E-state index contributed by atoms with van der Waals surface area (Å²) in [5.41, 5.74) is 1.07. The van der Waals surface area contributed by atoms with Gasteiger partial charge in [-0.15, -0.1) is 0 Å². The van der Waals surface area contributed by atoms with Crippen molar-refractivity contribution in [1.82, 2.24) is 4.90 Å². The van der Waals surface area contributed by atoms with Crippen molar-refractivity contribution >= 4 is 0 Å². The lowest BCUT2D eigenvalue weighted by molar-refractivity contribution is -0.0597. The predicted molar refractivity (Wildman–Crippen MR) is 111 cm³/mol. The molecule has 0 unspecified atom stereocenters. The van der Waals surface area contributed by atoms with Crippen molar-refractivity contribution in [2.45, 2.75) is 63.3 Å². The molecule has 2 aliphatic rings. The zero-order chi connectivity index (χ0) is 20.4. The molecular formula is C24H30FNO3. The number of aliphatic hydroxyl groups is 1. The Kier molecular flexibility index (Phi) is 5.79. The predicted octanol–water partition coefficient (Wildman–Crippen LogP) is 4.64. The van der Waals surface area contributed by atoms with E-state index in [1.165, 1.54) is 12.1 Å². The molecule has 2 bridgehead atoms. The number of methoxy groups -OCH3 is 1. The molecule has 0 spiro atoms. The Bertz CT molecular complexity index is 825. The first-order valence-corrected chi connectivity index (χ1v) is 10.6. The first kappa shape index (κ1) is 20.2. The van der Waals surface area contributed by atoms with Gasteiger partial charge in [0.15, 0.2) is 11.5 Å². The molecule has 0 saturated carbocycles. The molecule has 2 aliphatic heterocycles. The molecule has 1 N–H and O–H groups in total. The highest BCUT2D eigenvalue weighted by molar-refractivity contribution is 5.46. The largest absolute Gasteiger partial charge is 0.493 e. The van der Waals surface area contributed by atoms with Gasteiger partial charge in [-0.2, -0.15) is 0 Å². The van der Waals surface area contributed by atoms with Crippen molar-refractivity contribution in [3.8, 4) is 11.5 Å². The molecule has 4 rings (SSSR count). The number of ether oxygens (including phenoxy) is 2. The summed E-state index contributed by atoms with van der Waals surface area (Å²) in [5.74, 6) is 1.33. The van der Waals surface area contributed by atoms with Crippen molar-refractivity contribution in [3.05, 3.63) is 59.4 Å². The Hall–Kier alpha value is -2.11. The van der Waals surface area contributed by atoms with Crippen molar-refractivity contribution in [2.75, 3.05) is 13.7 Å².